The SMILES string of the molecule is CC(C)(C)c1ccc(N(c2ccccc2)c2cc3c(cc(N(c4ccccc4)c4ccc(C(C)(C)C)cc4)c4ccccc43)c3c2C=CCC3)cc1. The number of nitrogens with zero attached hydrogens (tertiary/aromatic N) is 2. The van der Waals surface area contributed by atoms with Gasteiger partial charge in [-0.15, -0.1) is 0 Å². The third-order valence-corrected chi connectivity index (χ3v) is 10.6. The molecule has 7 aromatic rings. The van der Waals surface area contributed by atoms with Crippen molar-refractivity contribution in [2.75, 3.05) is 9.80 Å². The third-order valence-electron chi connectivity index (χ3n) is 10.6. The first kappa shape index (κ1) is 33.5. The molecule has 2 heteroatoms. The summed E-state index contributed by atoms with van der Waals surface area (Å²) in [5.41, 5.74) is 12.6. The maximum atomic E-state index is 2.47. The van der Waals surface area contributed by atoms with Crippen LogP contribution in [0.25, 0.3) is 27.6 Å². The number of aryl methyl sites for hydroxylation is 1. The molecule has 0 saturated carbocycles. The fraction of sp³-hybridized carbons (Fsp3) is 0.200. The minimum absolute atomic E-state index is 0.0817. The first-order chi connectivity index (χ1) is 25.1. The maximum absolute atomic E-state index is 2.47. The van der Waals surface area contributed by atoms with Gasteiger partial charge in [-0.1, -0.05) is 139 Å². The van der Waals surface area contributed by atoms with Crippen LogP contribution in [0.1, 0.15) is 70.2 Å². The molecule has 0 amide bonds. The van der Waals surface area contributed by atoms with Gasteiger partial charge in [0.2, 0.25) is 0 Å². The lowest BCUT2D eigenvalue weighted by molar-refractivity contribution is 0.590. The second kappa shape index (κ2) is 13.2. The molecule has 258 valence electrons. The number of hydrogen-bond donors (Lipinski definition) is 0. The van der Waals surface area contributed by atoms with Crippen LogP contribution in [0.5, 0.6) is 0 Å². The van der Waals surface area contributed by atoms with E-state index in [-0.39, 0.29) is 10.8 Å². The molecule has 52 heavy (non-hydrogen) atoms. The molecule has 0 aromatic heterocycles. The first-order valence-corrected chi connectivity index (χ1v) is 18.7. The molecule has 0 unspecified atom stereocenters. The van der Waals surface area contributed by atoms with Gasteiger partial charge < -0.3 is 9.80 Å². The van der Waals surface area contributed by atoms with Crippen molar-refractivity contribution in [1.29, 1.82) is 0 Å². The minimum atomic E-state index is 0.0817. The summed E-state index contributed by atoms with van der Waals surface area (Å²) in [4.78, 5) is 4.90. The second-order valence-electron chi connectivity index (χ2n) is 16.2. The third kappa shape index (κ3) is 6.17. The zero-order valence-electron chi connectivity index (χ0n) is 31.3. The normalized spacial score (nSPS) is 13.0. The van der Waals surface area contributed by atoms with Crippen LogP contribution in [0.4, 0.5) is 34.1 Å². The van der Waals surface area contributed by atoms with Gasteiger partial charge in [0.25, 0.3) is 0 Å². The predicted octanol–water partition coefficient (Wildman–Crippen LogP) is 14.5. The van der Waals surface area contributed by atoms with E-state index in [0.717, 1.165) is 35.6 Å². The monoisotopic (exact) mass is 676 g/mol. The van der Waals surface area contributed by atoms with Crippen LogP contribution in [0, 0.1) is 0 Å². The molecule has 0 aliphatic heterocycles. The van der Waals surface area contributed by atoms with Gasteiger partial charge in [-0.3, -0.25) is 0 Å². The van der Waals surface area contributed by atoms with Crippen molar-refractivity contribution in [3.63, 3.8) is 0 Å². The molecule has 0 saturated heterocycles. The van der Waals surface area contributed by atoms with Crippen molar-refractivity contribution in [2.24, 2.45) is 0 Å². The van der Waals surface area contributed by atoms with Gasteiger partial charge in [0.1, 0.15) is 0 Å². The zero-order valence-corrected chi connectivity index (χ0v) is 31.3. The highest BCUT2D eigenvalue weighted by Crippen LogP contribution is 2.48. The maximum Gasteiger partial charge on any atom is 0.0546 e. The van der Waals surface area contributed by atoms with Crippen LogP contribution < -0.4 is 9.80 Å². The Balaban J connectivity index is 1.40. The molecule has 0 bridgehead atoms. The number of para-hydroxylation sites is 2. The highest BCUT2D eigenvalue weighted by atomic mass is 15.2. The number of fused-ring (bicyclic) bond motifs is 5. The number of anilines is 6. The summed E-state index contributed by atoms with van der Waals surface area (Å²) in [5, 5.41) is 5.10. The van der Waals surface area contributed by atoms with E-state index in [1.807, 2.05) is 0 Å². The molecule has 1 aliphatic carbocycles. The van der Waals surface area contributed by atoms with Gasteiger partial charge in [0, 0.05) is 33.7 Å². The van der Waals surface area contributed by atoms with Crippen LogP contribution in [-0.2, 0) is 17.3 Å². The Labute approximate surface area is 309 Å². The van der Waals surface area contributed by atoms with Crippen molar-refractivity contribution in [3.05, 3.63) is 174 Å². The molecule has 0 fully saturated rings. The Hall–Kier alpha value is -5.60. The van der Waals surface area contributed by atoms with E-state index >= 15 is 0 Å². The lowest BCUT2D eigenvalue weighted by Gasteiger charge is -2.32. The molecule has 1 aliphatic rings. The zero-order chi connectivity index (χ0) is 36.0. The fourth-order valence-electron chi connectivity index (χ4n) is 7.78. The Morgan fingerprint density at radius 2 is 0.865 bits per heavy atom. The number of benzene rings is 7. The van der Waals surface area contributed by atoms with E-state index in [9.17, 15) is 0 Å². The number of allylic oxidation sites excluding steroid dienone is 1. The standard InChI is InChI=1S/C50H48N2/c1-49(2,3)35-25-29-39(30-26-35)51(37-17-9-7-10-18-37)47-33-45-42-22-14-16-24-44(42)48(34-46(45)41-21-13-15-23-43(41)47)52(38-19-11-8-12-20-38)40-31-27-36(28-32-40)50(4,5)6/h7-13,15-21,23-34H,14,22H2,1-6H3. The smallest absolute Gasteiger partial charge is 0.0546 e. The second-order valence-corrected chi connectivity index (χ2v) is 16.2. The van der Waals surface area contributed by atoms with E-state index in [1.165, 1.54) is 55.2 Å². The summed E-state index contributed by atoms with van der Waals surface area (Å²) in [5.74, 6) is 0. The number of rotatable bonds is 6. The molecule has 0 N–H and O–H groups in total. The van der Waals surface area contributed by atoms with Gasteiger partial charge >= 0.3 is 0 Å². The Bertz CT molecular complexity index is 2390. The van der Waals surface area contributed by atoms with Gasteiger partial charge in [-0.25, -0.2) is 0 Å². The van der Waals surface area contributed by atoms with E-state index < -0.39 is 0 Å². The Kier molecular flexibility index (Phi) is 8.50. The average molecular weight is 677 g/mol. The van der Waals surface area contributed by atoms with Crippen LogP contribution in [0.15, 0.2) is 152 Å². The molecule has 0 heterocycles. The van der Waals surface area contributed by atoms with E-state index in [4.69, 9.17) is 0 Å². The van der Waals surface area contributed by atoms with Crippen molar-refractivity contribution < 1.29 is 0 Å². The lowest BCUT2D eigenvalue weighted by atomic mass is 9.86. The molecule has 8 rings (SSSR count). The molecule has 0 atom stereocenters. The molecule has 0 spiro atoms. The lowest BCUT2D eigenvalue weighted by Crippen LogP contribution is -2.15. The highest BCUT2D eigenvalue weighted by Gasteiger charge is 2.25. The van der Waals surface area contributed by atoms with Crippen molar-refractivity contribution in [1.82, 2.24) is 0 Å². The van der Waals surface area contributed by atoms with Gasteiger partial charge in [-0.2, -0.15) is 0 Å². The van der Waals surface area contributed by atoms with Crippen molar-refractivity contribution >= 4 is 61.7 Å². The summed E-state index contributed by atoms with van der Waals surface area (Å²) in [6.07, 6.45) is 6.72. The predicted molar refractivity (Wildman–Crippen MR) is 226 cm³/mol. The molecular weight excluding hydrogens is 629 g/mol. The average Bonchev–Trinajstić information content (AvgIpc) is 3.16. The van der Waals surface area contributed by atoms with E-state index in [0.29, 0.717) is 0 Å². The fourth-order valence-corrected chi connectivity index (χ4v) is 7.78. The Morgan fingerprint density at radius 1 is 0.423 bits per heavy atom. The number of hydrogen-bond acceptors (Lipinski definition) is 2. The summed E-state index contributed by atoms with van der Waals surface area (Å²) in [6, 6.07) is 53.9. The van der Waals surface area contributed by atoms with Crippen LogP contribution in [0.3, 0.4) is 0 Å². The summed E-state index contributed by atoms with van der Waals surface area (Å²) in [6.45, 7) is 13.7. The molecule has 0 radical (unpaired) electrons. The van der Waals surface area contributed by atoms with E-state index in [2.05, 4.69) is 209 Å². The molecule has 2 nitrogen and oxygen atoms in total. The van der Waals surface area contributed by atoms with Gasteiger partial charge in [0.15, 0.2) is 0 Å². The van der Waals surface area contributed by atoms with Crippen LogP contribution in [0.2, 0.25) is 0 Å². The molecular formula is C50H48N2. The van der Waals surface area contributed by atoms with Crippen molar-refractivity contribution in [3.8, 4) is 0 Å². The molecule has 7 aromatic carbocycles. The summed E-state index contributed by atoms with van der Waals surface area (Å²) in [7, 11) is 0. The minimum Gasteiger partial charge on any atom is -0.310 e. The van der Waals surface area contributed by atoms with Crippen molar-refractivity contribution in [2.45, 2.75) is 65.2 Å². The quantitative estimate of drug-likeness (QED) is 0.162. The van der Waals surface area contributed by atoms with Crippen LogP contribution >= 0.6 is 0 Å². The van der Waals surface area contributed by atoms with Gasteiger partial charge in [-0.05, 0) is 117 Å². The largest absolute Gasteiger partial charge is 0.310 e. The first-order valence-electron chi connectivity index (χ1n) is 18.7. The van der Waals surface area contributed by atoms with Gasteiger partial charge in [0.05, 0.1) is 11.4 Å². The highest BCUT2D eigenvalue weighted by molar-refractivity contribution is 6.17. The summed E-state index contributed by atoms with van der Waals surface area (Å²) >= 11 is 0. The van der Waals surface area contributed by atoms with E-state index in [1.54, 1.807) is 0 Å². The Morgan fingerprint density at radius 3 is 1.38 bits per heavy atom. The van der Waals surface area contributed by atoms with Crippen LogP contribution in [-0.4, -0.2) is 0 Å². The topological polar surface area (TPSA) is 6.48 Å². The summed E-state index contributed by atoms with van der Waals surface area (Å²) < 4.78 is 0.